The molecule has 2 aliphatic rings. The van der Waals surface area contributed by atoms with E-state index in [4.69, 9.17) is 0 Å². The van der Waals surface area contributed by atoms with E-state index in [-0.39, 0.29) is 18.0 Å². The molecule has 3 aromatic heterocycles. The molecule has 2 fully saturated rings. The number of fused-ring (bicyclic) bond motifs is 1. The second-order valence-electron chi connectivity index (χ2n) is 9.68. The van der Waals surface area contributed by atoms with Gasteiger partial charge in [-0.05, 0) is 68.9 Å². The lowest BCUT2D eigenvalue weighted by Crippen LogP contribution is -2.37. The molecular weight excluding hydrogens is 480 g/mol. The smallest absolute Gasteiger partial charge is 0.255 e. The summed E-state index contributed by atoms with van der Waals surface area (Å²) in [6.07, 6.45) is 10.8. The minimum atomic E-state index is -0.441. The summed E-state index contributed by atoms with van der Waals surface area (Å²) >= 11 is 1.70. The zero-order valence-electron chi connectivity index (χ0n) is 19.7. The largest absolute Gasteiger partial charge is 0.364 e. The number of nitrogens with zero attached hydrogens (tertiary/aromatic N) is 4. The third-order valence-electron chi connectivity index (χ3n) is 7.51. The normalized spacial score (nSPS) is 22.3. The molecule has 1 amide bonds. The van der Waals surface area contributed by atoms with Crippen LogP contribution in [0.5, 0.6) is 0 Å². The van der Waals surface area contributed by atoms with Crippen molar-refractivity contribution < 1.29 is 13.6 Å². The lowest BCUT2D eigenvalue weighted by Gasteiger charge is -2.28. The monoisotopic (exact) mass is 507 g/mol. The topological polar surface area (TPSA) is 62.5 Å². The average Bonchev–Trinajstić information content (AvgIpc) is 3.66. The Morgan fingerprint density at radius 1 is 1.08 bits per heavy atom. The number of rotatable bonds is 5. The van der Waals surface area contributed by atoms with Gasteiger partial charge in [-0.2, -0.15) is 5.10 Å². The maximum atomic E-state index is 14.5. The van der Waals surface area contributed by atoms with Crippen molar-refractivity contribution in [3.8, 4) is 0 Å². The van der Waals surface area contributed by atoms with Crippen molar-refractivity contribution in [3.63, 3.8) is 0 Å². The van der Waals surface area contributed by atoms with E-state index >= 15 is 0 Å². The summed E-state index contributed by atoms with van der Waals surface area (Å²) in [5, 5.41) is 10.8. The van der Waals surface area contributed by atoms with E-state index in [9.17, 15) is 13.6 Å². The van der Waals surface area contributed by atoms with E-state index < -0.39 is 11.6 Å². The number of nitrogens with one attached hydrogen (secondary N) is 1. The van der Waals surface area contributed by atoms with E-state index in [1.165, 1.54) is 17.1 Å². The van der Waals surface area contributed by atoms with Crippen LogP contribution in [0.4, 0.5) is 14.5 Å². The molecule has 1 saturated carbocycles. The number of aromatic nitrogens is 3. The van der Waals surface area contributed by atoms with Crippen LogP contribution in [-0.4, -0.2) is 33.1 Å². The highest BCUT2D eigenvalue weighted by molar-refractivity contribution is 7.09. The lowest BCUT2D eigenvalue weighted by atomic mass is 9.86. The second-order valence-corrected chi connectivity index (χ2v) is 10.6. The Bertz CT molecular complexity index is 1380. The molecule has 1 saturated heterocycles. The van der Waals surface area contributed by atoms with Crippen molar-refractivity contribution in [3.05, 3.63) is 82.1 Å². The summed E-state index contributed by atoms with van der Waals surface area (Å²) in [4.78, 5) is 19.8. The van der Waals surface area contributed by atoms with Crippen LogP contribution in [0.3, 0.4) is 0 Å². The molecule has 0 radical (unpaired) electrons. The standard InChI is InChI=1S/C27H27F2N5OS/c28-18-5-8-23(29)21(14-18)24-2-1-11-33(24)20-9-12-34-25(15-20)22(16-31-34)26(35)32-19-6-3-17(4-7-19)27-30-10-13-36-27/h5,8-10,12-17,19,24H,1-4,6-7,11H2,(H,32,35)/t17-,19-,24-/m1/s1. The number of thiazole rings is 1. The van der Waals surface area contributed by atoms with Gasteiger partial charge in [0.1, 0.15) is 11.6 Å². The lowest BCUT2D eigenvalue weighted by molar-refractivity contribution is 0.0927. The number of hydrogen-bond donors (Lipinski definition) is 1. The molecular formula is C27H27F2N5OS. The molecule has 186 valence electrons. The maximum Gasteiger partial charge on any atom is 0.255 e. The van der Waals surface area contributed by atoms with Gasteiger partial charge in [-0.25, -0.2) is 18.3 Å². The Kier molecular flexibility index (Phi) is 6.17. The fraction of sp³-hybridized carbons (Fsp3) is 0.370. The minimum absolute atomic E-state index is 0.130. The Hall–Kier alpha value is -3.33. The summed E-state index contributed by atoms with van der Waals surface area (Å²) in [6.45, 7) is 0.731. The fourth-order valence-electron chi connectivity index (χ4n) is 5.68. The molecule has 1 aromatic carbocycles. The van der Waals surface area contributed by atoms with Crippen LogP contribution in [-0.2, 0) is 0 Å². The molecule has 4 heterocycles. The zero-order valence-corrected chi connectivity index (χ0v) is 20.6. The van der Waals surface area contributed by atoms with Crippen LogP contribution < -0.4 is 10.2 Å². The summed E-state index contributed by atoms with van der Waals surface area (Å²) in [6, 6.07) is 7.34. The van der Waals surface area contributed by atoms with Gasteiger partial charge in [-0.3, -0.25) is 4.79 Å². The van der Waals surface area contributed by atoms with Gasteiger partial charge in [0, 0.05) is 47.5 Å². The van der Waals surface area contributed by atoms with Crippen LogP contribution >= 0.6 is 11.3 Å². The summed E-state index contributed by atoms with van der Waals surface area (Å²) in [7, 11) is 0. The Morgan fingerprint density at radius 2 is 1.94 bits per heavy atom. The number of hydrogen-bond acceptors (Lipinski definition) is 5. The molecule has 36 heavy (non-hydrogen) atoms. The van der Waals surface area contributed by atoms with Crippen LogP contribution in [0.25, 0.3) is 5.52 Å². The van der Waals surface area contributed by atoms with E-state index in [1.54, 1.807) is 22.0 Å². The van der Waals surface area contributed by atoms with Crippen molar-refractivity contribution in [2.24, 2.45) is 0 Å². The number of halogens is 2. The van der Waals surface area contributed by atoms with E-state index in [0.29, 0.717) is 22.6 Å². The van der Waals surface area contributed by atoms with Crippen LogP contribution in [0.2, 0.25) is 0 Å². The predicted molar refractivity (Wildman–Crippen MR) is 135 cm³/mol. The van der Waals surface area contributed by atoms with Crippen LogP contribution in [0.15, 0.2) is 54.3 Å². The number of anilines is 1. The Morgan fingerprint density at radius 3 is 2.75 bits per heavy atom. The molecule has 6 nitrogen and oxygen atoms in total. The first-order valence-corrected chi connectivity index (χ1v) is 13.3. The van der Waals surface area contributed by atoms with Gasteiger partial charge in [-0.15, -0.1) is 11.3 Å². The predicted octanol–water partition coefficient (Wildman–Crippen LogP) is 5.87. The van der Waals surface area contributed by atoms with E-state index in [2.05, 4.69) is 20.3 Å². The summed E-state index contributed by atoms with van der Waals surface area (Å²) in [5.41, 5.74) is 2.46. The molecule has 1 atom stereocenters. The van der Waals surface area contributed by atoms with Gasteiger partial charge < -0.3 is 10.2 Å². The first kappa shape index (κ1) is 23.1. The minimum Gasteiger partial charge on any atom is -0.364 e. The molecule has 0 bridgehead atoms. The Balaban J connectivity index is 1.20. The molecule has 1 aliphatic heterocycles. The van der Waals surface area contributed by atoms with Crippen LogP contribution in [0, 0.1) is 11.6 Å². The van der Waals surface area contributed by atoms with Gasteiger partial charge >= 0.3 is 0 Å². The quantitative estimate of drug-likeness (QED) is 0.367. The zero-order chi connectivity index (χ0) is 24.6. The first-order chi connectivity index (χ1) is 17.6. The highest BCUT2D eigenvalue weighted by atomic mass is 32.1. The molecule has 0 spiro atoms. The van der Waals surface area contributed by atoms with Gasteiger partial charge in [0.05, 0.1) is 28.3 Å². The number of amides is 1. The van der Waals surface area contributed by atoms with E-state index in [0.717, 1.165) is 56.8 Å². The van der Waals surface area contributed by atoms with Gasteiger partial charge in [-0.1, -0.05) is 0 Å². The second kappa shape index (κ2) is 9.61. The SMILES string of the molecule is O=C(N[C@H]1CC[C@H](c2nccs2)CC1)c1cnn2ccc(N3CCC[C@@H]3c3cc(F)ccc3F)cc12. The molecule has 1 aliphatic carbocycles. The molecule has 6 rings (SSSR count). The maximum absolute atomic E-state index is 14.5. The molecule has 0 unspecified atom stereocenters. The number of benzene rings is 1. The van der Waals surface area contributed by atoms with Crippen molar-refractivity contribution in [1.82, 2.24) is 19.9 Å². The molecule has 9 heteroatoms. The summed E-state index contributed by atoms with van der Waals surface area (Å²) in [5.74, 6) is -0.490. The summed E-state index contributed by atoms with van der Waals surface area (Å²) < 4.78 is 30.1. The highest BCUT2D eigenvalue weighted by Crippen LogP contribution is 2.38. The third kappa shape index (κ3) is 4.36. The van der Waals surface area contributed by atoms with Crippen molar-refractivity contribution in [2.75, 3.05) is 11.4 Å². The molecule has 1 N–H and O–H groups in total. The fourth-order valence-corrected chi connectivity index (χ4v) is 6.49. The Labute approximate surface area is 212 Å². The number of carbonyl (C=O) groups is 1. The third-order valence-corrected chi connectivity index (χ3v) is 8.45. The van der Waals surface area contributed by atoms with Gasteiger partial charge in [0.15, 0.2) is 0 Å². The number of carbonyl (C=O) groups excluding carboxylic acids is 1. The first-order valence-electron chi connectivity index (χ1n) is 12.5. The van der Waals surface area contributed by atoms with Crippen molar-refractivity contribution in [2.45, 2.75) is 56.5 Å². The van der Waals surface area contributed by atoms with Gasteiger partial charge in [0.25, 0.3) is 5.91 Å². The van der Waals surface area contributed by atoms with Crippen LogP contribution in [0.1, 0.15) is 71.4 Å². The number of pyridine rings is 1. The highest BCUT2D eigenvalue weighted by Gasteiger charge is 2.30. The van der Waals surface area contributed by atoms with Gasteiger partial charge in [0.2, 0.25) is 0 Å². The van der Waals surface area contributed by atoms with Crippen molar-refractivity contribution >= 4 is 28.4 Å². The average molecular weight is 508 g/mol. The van der Waals surface area contributed by atoms with Crippen molar-refractivity contribution in [1.29, 1.82) is 0 Å². The van der Waals surface area contributed by atoms with E-state index in [1.807, 2.05) is 29.9 Å². The molecule has 4 aromatic rings.